The van der Waals surface area contributed by atoms with Gasteiger partial charge in [0.15, 0.2) is 10.8 Å². The molecular formula is C22H18F3N7OS. The Labute approximate surface area is 196 Å². The number of nitrogens with zero attached hydrogens (tertiary/aromatic N) is 4. The molecule has 0 aliphatic heterocycles. The zero-order chi connectivity index (χ0) is 24.1. The number of amides is 1. The van der Waals surface area contributed by atoms with E-state index in [-0.39, 0.29) is 22.8 Å². The van der Waals surface area contributed by atoms with Gasteiger partial charge in [0, 0.05) is 31.4 Å². The molecule has 3 heterocycles. The van der Waals surface area contributed by atoms with Crippen LogP contribution in [0.1, 0.15) is 32.1 Å². The number of imidazole rings is 1. The lowest BCUT2D eigenvalue weighted by Gasteiger charge is -2.15. The second-order valence-corrected chi connectivity index (χ2v) is 8.04. The van der Waals surface area contributed by atoms with Crippen molar-refractivity contribution in [1.82, 2.24) is 24.9 Å². The third-order valence-electron chi connectivity index (χ3n) is 4.63. The van der Waals surface area contributed by atoms with Gasteiger partial charge in [-0.25, -0.2) is 14.5 Å². The van der Waals surface area contributed by atoms with Crippen LogP contribution in [0.4, 0.5) is 18.3 Å². The maximum absolute atomic E-state index is 13.5. The average Bonchev–Trinajstić information content (AvgIpc) is 3.44. The van der Waals surface area contributed by atoms with Crippen LogP contribution in [0.15, 0.2) is 48.9 Å². The first kappa shape index (κ1) is 23.4. The maximum atomic E-state index is 13.5. The molecule has 0 aliphatic rings. The van der Waals surface area contributed by atoms with E-state index < -0.39 is 17.6 Å². The fraction of sp³-hybridized carbons (Fsp3) is 0.182. The molecular weight excluding hydrogens is 467 g/mol. The van der Waals surface area contributed by atoms with Gasteiger partial charge in [-0.1, -0.05) is 17.4 Å². The number of nitrogens with two attached hydrogens (primary N) is 1. The molecule has 4 rings (SSSR count). The molecule has 3 aromatic heterocycles. The van der Waals surface area contributed by atoms with E-state index in [0.717, 1.165) is 17.4 Å². The molecule has 0 unspecified atom stereocenters. The SMILES string of the molecule is NCCNCc1ccc(C(=O)Nc2ncc(C#Cc3cnc4cccnn34)s2)cc1C(F)(F)F. The third-order valence-corrected chi connectivity index (χ3v) is 5.46. The van der Waals surface area contributed by atoms with Gasteiger partial charge in [0.25, 0.3) is 5.91 Å². The summed E-state index contributed by atoms with van der Waals surface area (Å²) in [6.07, 6.45) is 0.0735. The topological polar surface area (TPSA) is 110 Å². The number of anilines is 1. The molecule has 4 N–H and O–H groups in total. The largest absolute Gasteiger partial charge is 0.416 e. The molecule has 34 heavy (non-hydrogen) atoms. The Hall–Kier alpha value is -3.79. The van der Waals surface area contributed by atoms with E-state index in [1.807, 2.05) is 0 Å². The number of alkyl halides is 3. The zero-order valence-electron chi connectivity index (χ0n) is 17.6. The molecule has 8 nitrogen and oxygen atoms in total. The van der Waals surface area contributed by atoms with Crippen molar-refractivity contribution in [2.75, 3.05) is 18.4 Å². The van der Waals surface area contributed by atoms with Gasteiger partial charge < -0.3 is 11.1 Å². The highest BCUT2D eigenvalue weighted by Crippen LogP contribution is 2.33. The number of nitrogens with one attached hydrogen (secondary N) is 2. The highest BCUT2D eigenvalue weighted by molar-refractivity contribution is 7.16. The first-order chi connectivity index (χ1) is 16.3. The molecule has 0 saturated carbocycles. The Morgan fingerprint density at radius 3 is 2.82 bits per heavy atom. The zero-order valence-corrected chi connectivity index (χ0v) is 18.4. The van der Waals surface area contributed by atoms with Crippen LogP contribution in [0.3, 0.4) is 0 Å². The summed E-state index contributed by atoms with van der Waals surface area (Å²) in [4.78, 5) is 21.4. The van der Waals surface area contributed by atoms with Gasteiger partial charge in [0.05, 0.1) is 22.8 Å². The molecule has 0 aliphatic carbocycles. The molecule has 0 atom stereocenters. The fourth-order valence-electron chi connectivity index (χ4n) is 3.06. The van der Waals surface area contributed by atoms with Crippen LogP contribution in [0, 0.1) is 11.8 Å². The normalized spacial score (nSPS) is 11.3. The minimum atomic E-state index is -4.60. The Balaban J connectivity index is 1.48. The van der Waals surface area contributed by atoms with Crippen molar-refractivity contribution in [2.24, 2.45) is 5.73 Å². The van der Waals surface area contributed by atoms with E-state index >= 15 is 0 Å². The van der Waals surface area contributed by atoms with Gasteiger partial charge in [0.1, 0.15) is 5.69 Å². The summed E-state index contributed by atoms with van der Waals surface area (Å²) in [5, 5.41) is 9.75. The van der Waals surface area contributed by atoms with Crippen molar-refractivity contribution in [3.8, 4) is 11.8 Å². The van der Waals surface area contributed by atoms with Crippen molar-refractivity contribution in [3.05, 3.63) is 76.2 Å². The minimum absolute atomic E-state index is 0.00948. The molecule has 0 radical (unpaired) electrons. The van der Waals surface area contributed by atoms with Gasteiger partial charge >= 0.3 is 6.18 Å². The number of carbonyl (C=O) groups is 1. The highest BCUT2D eigenvalue weighted by Gasteiger charge is 2.34. The summed E-state index contributed by atoms with van der Waals surface area (Å²) >= 11 is 1.10. The fourth-order valence-corrected chi connectivity index (χ4v) is 3.72. The van der Waals surface area contributed by atoms with Gasteiger partial charge in [0.2, 0.25) is 0 Å². The number of halogens is 3. The number of fused-ring (bicyclic) bond motifs is 1. The monoisotopic (exact) mass is 485 g/mol. The Bertz CT molecular complexity index is 1380. The average molecular weight is 485 g/mol. The molecule has 0 fully saturated rings. The third kappa shape index (κ3) is 5.40. The van der Waals surface area contributed by atoms with Gasteiger partial charge in [-0.2, -0.15) is 18.3 Å². The lowest BCUT2D eigenvalue weighted by atomic mass is 10.0. The lowest BCUT2D eigenvalue weighted by molar-refractivity contribution is -0.138. The second kappa shape index (κ2) is 10.0. The summed E-state index contributed by atoms with van der Waals surface area (Å²) in [7, 11) is 0. The molecule has 0 bridgehead atoms. The Morgan fingerprint density at radius 2 is 2.03 bits per heavy atom. The molecule has 0 saturated heterocycles. The number of carbonyl (C=O) groups excluding carboxylic acids is 1. The van der Waals surface area contributed by atoms with E-state index in [1.54, 1.807) is 29.0 Å². The lowest BCUT2D eigenvalue weighted by Crippen LogP contribution is -2.24. The predicted octanol–water partition coefficient (Wildman–Crippen LogP) is 2.91. The summed E-state index contributed by atoms with van der Waals surface area (Å²) in [6, 6.07) is 7.02. The highest BCUT2D eigenvalue weighted by atomic mass is 32.1. The first-order valence-electron chi connectivity index (χ1n) is 10.0. The van der Waals surface area contributed by atoms with Crippen LogP contribution < -0.4 is 16.4 Å². The molecule has 174 valence electrons. The molecule has 1 amide bonds. The van der Waals surface area contributed by atoms with Crippen molar-refractivity contribution in [3.63, 3.8) is 0 Å². The number of hydrogen-bond acceptors (Lipinski definition) is 7. The molecule has 0 spiro atoms. The minimum Gasteiger partial charge on any atom is -0.329 e. The molecule has 12 heteroatoms. The van der Waals surface area contributed by atoms with E-state index in [0.29, 0.717) is 29.3 Å². The van der Waals surface area contributed by atoms with E-state index in [9.17, 15) is 18.0 Å². The summed E-state index contributed by atoms with van der Waals surface area (Å²) in [6.45, 7) is 0.672. The summed E-state index contributed by atoms with van der Waals surface area (Å²) < 4.78 is 42.1. The van der Waals surface area contributed by atoms with Crippen molar-refractivity contribution in [1.29, 1.82) is 0 Å². The smallest absolute Gasteiger partial charge is 0.329 e. The van der Waals surface area contributed by atoms with Gasteiger partial charge in [-0.15, -0.1) is 0 Å². The Kier molecular flexibility index (Phi) is 6.87. The van der Waals surface area contributed by atoms with E-state index in [2.05, 4.69) is 37.5 Å². The van der Waals surface area contributed by atoms with Crippen molar-refractivity contribution < 1.29 is 18.0 Å². The van der Waals surface area contributed by atoms with Crippen LogP contribution in [0.25, 0.3) is 5.65 Å². The van der Waals surface area contributed by atoms with E-state index in [1.165, 1.54) is 18.3 Å². The number of aromatic nitrogens is 4. The van der Waals surface area contributed by atoms with Crippen molar-refractivity contribution in [2.45, 2.75) is 12.7 Å². The summed E-state index contributed by atoms with van der Waals surface area (Å²) in [5.41, 5.74) is 5.62. The number of thiazole rings is 1. The number of rotatable bonds is 6. The van der Waals surface area contributed by atoms with Gasteiger partial charge in [-0.05, 0) is 41.7 Å². The van der Waals surface area contributed by atoms with Crippen LogP contribution in [-0.2, 0) is 12.7 Å². The molecule has 4 aromatic rings. The van der Waals surface area contributed by atoms with Crippen LogP contribution in [-0.4, -0.2) is 38.6 Å². The second-order valence-electron chi connectivity index (χ2n) is 7.01. The standard InChI is InChI=1S/C22H18F3N7OS/c23-22(24,25)18-10-14(3-4-15(18)11-27-9-7-26)20(33)31-21-29-13-17(34-21)6-5-16-12-28-19-2-1-8-30-32(16)19/h1-4,8,10,12-13,27H,7,9,11,26H2,(H,29,31,33). The van der Waals surface area contributed by atoms with Crippen molar-refractivity contribution >= 4 is 28.0 Å². The summed E-state index contributed by atoms with van der Waals surface area (Å²) in [5.74, 6) is 5.16. The van der Waals surface area contributed by atoms with E-state index in [4.69, 9.17) is 5.73 Å². The number of hydrogen-bond donors (Lipinski definition) is 3. The quantitative estimate of drug-likeness (QED) is 0.286. The predicted molar refractivity (Wildman–Crippen MR) is 121 cm³/mol. The number of benzene rings is 1. The Morgan fingerprint density at radius 1 is 1.18 bits per heavy atom. The first-order valence-corrected chi connectivity index (χ1v) is 10.9. The molecule has 1 aromatic carbocycles. The van der Waals surface area contributed by atoms with Crippen LogP contribution in [0.5, 0.6) is 0 Å². The van der Waals surface area contributed by atoms with Gasteiger partial charge in [-0.3, -0.25) is 10.1 Å². The van der Waals surface area contributed by atoms with Crippen LogP contribution >= 0.6 is 11.3 Å². The van der Waals surface area contributed by atoms with Crippen LogP contribution in [0.2, 0.25) is 0 Å². The maximum Gasteiger partial charge on any atom is 0.416 e.